The summed E-state index contributed by atoms with van der Waals surface area (Å²) in [6.07, 6.45) is -0.159. The molecular weight excluding hydrogens is 212 g/mol. The fourth-order valence-electron chi connectivity index (χ4n) is 1.05. The highest BCUT2D eigenvalue weighted by molar-refractivity contribution is 5.71. The van der Waals surface area contributed by atoms with E-state index in [2.05, 4.69) is 10.1 Å². The molecular formula is C10H16N2O4. The lowest BCUT2D eigenvalue weighted by Crippen LogP contribution is -2.19. The van der Waals surface area contributed by atoms with E-state index in [-0.39, 0.29) is 6.61 Å². The molecule has 0 spiro atoms. The fraction of sp³-hybridized carbons (Fsp3) is 0.700. The summed E-state index contributed by atoms with van der Waals surface area (Å²) >= 11 is 0. The van der Waals surface area contributed by atoms with Crippen LogP contribution in [0.3, 0.4) is 0 Å². The van der Waals surface area contributed by atoms with Crippen LogP contribution in [0.4, 0.5) is 0 Å². The maximum atomic E-state index is 10.5. The molecule has 0 saturated carbocycles. The molecule has 1 heterocycles. The van der Waals surface area contributed by atoms with Crippen molar-refractivity contribution < 1.29 is 19.2 Å². The standard InChI is InChI=1S/C10H16N2O4/c1-6(2)4-9-11-8(12-16-9)5-15-7(3)10(13)14/h6-7H,4-5H2,1-3H3,(H,13,14)/t7-/m0/s1. The second-order valence-corrected chi connectivity index (χ2v) is 3.99. The summed E-state index contributed by atoms with van der Waals surface area (Å²) in [7, 11) is 0. The molecule has 0 aliphatic carbocycles. The molecule has 1 atom stereocenters. The van der Waals surface area contributed by atoms with Gasteiger partial charge in [0.05, 0.1) is 0 Å². The number of rotatable bonds is 6. The Bertz CT molecular complexity index is 348. The highest BCUT2D eigenvalue weighted by Gasteiger charge is 2.13. The number of aromatic nitrogens is 2. The van der Waals surface area contributed by atoms with Crippen LogP contribution >= 0.6 is 0 Å². The van der Waals surface area contributed by atoms with Crippen LogP contribution in [0.5, 0.6) is 0 Å². The first kappa shape index (κ1) is 12.6. The Balaban J connectivity index is 2.43. The summed E-state index contributed by atoms with van der Waals surface area (Å²) in [4.78, 5) is 14.6. The Morgan fingerprint density at radius 2 is 2.19 bits per heavy atom. The van der Waals surface area contributed by atoms with Crippen LogP contribution in [0.2, 0.25) is 0 Å². The van der Waals surface area contributed by atoms with E-state index in [4.69, 9.17) is 14.4 Å². The predicted molar refractivity (Wildman–Crippen MR) is 54.7 cm³/mol. The Kier molecular flexibility index (Phi) is 4.42. The first-order valence-electron chi connectivity index (χ1n) is 5.15. The van der Waals surface area contributed by atoms with Crippen molar-refractivity contribution in [3.05, 3.63) is 11.7 Å². The van der Waals surface area contributed by atoms with E-state index < -0.39 is 12.1 Å². The van der Waals surface area contributed by atoms with Crippen LogP contribution < -0.4 is 0 Å². The molecule has 6 heteroatoms. The van der Waals surface area contributed by atoms with E-state index in [1.807, 2.05) is 13.8 Å². The zero-order valence-corrected chi connectivity index (χ0v) is 9.64. The van der Waals surface area contributed by atoms with Crippen molar-refractivity contribution in [2.24, 2.45) is 5.92 Å². The van der Waals surface area contributed by atoms with E-state index in [1.54, 1.807) is 0 Å². The third kappa shape index (κ3) is 3.98. The third-order valence-electron chi connectivity index (χ3n) is 1.90. The van der Waals surface area contributed by atoms with Crippen molar-refractivity contribution in [2.45, 2.75) is 39.9 Å². The molecule has 1 aromatic heterocycles. The lowest BCUT2D eigenvalue weighted by atomic mass is 10.1. The molecule has 1 rings (SSSR count). The minimum Gasteiger partial charge on any atom is -0.479 e. The van der Waals surface area contributed by atoms with Gasteiger partial charge in [0.25, 0.3) is 0 Å². The number of hydrogen-bond donors (Lipinski definition) is 1. The van der Waals surface area contributed by atoms with Gasteiger partial charge in [-0.3, -0.25) is 0 Å². The molecule has 0 unspecified atom stereocenters. The van der Waals surface area contributed by atoms with Crippen molar-refractivity contribution >= 4 is 5.97 Å². The molecule has 16 heavy (non-hydrogen) atoms. The van der Waals surface area contributed by atoms with Crippen LogP contribution in [0, 0.1) is 5.92 Å². The normalized spacial score (nSPS) is 13.0. The lowest BCUT2D eigenvalue weighted by molar-refractivity contribution is -0.150. The lowest BCUT2D eigenvalue weighted by Gasteiger charge is -2.04. The molecule has 0 bridgehead atoms. The summed E-state index contributed by atoms with van der Waals surface area (Å²) in [5, 5.41) is 12.3. The molecule has 0 aliphatic heterocycles. The second kappa shape index (κ2) is 5.60. The quantitative estimate of drug-likeness (QED) is 0.788. The zero-order chi connectivity index (χ0) is 12.1. The van der Waals surface area contributed by atoms with Crippen LogP contribution in [0.15, 0.2) is 4.52 Å². The number of ether oxygens (including phenoxy) is 1. The van der Waals surface area contributed by atoms with E-state index in [1.165, 1.54) is 6.92 Å². The van der Waals surface area contributed by atoms with Gasteiger partial charge in [-0.25, -0.2) is 4.79 Å². The summed E-state index contributed by atoms with van der Waals surface area (Å²) in [6.45, 7) is 5.60. The predicted octanol–water partition coefficient (Wildman–Crippen LogP) is 1.26. The summed E-state index contributed by atoms with van der Waals surface area (Å²) in [6, 6.07) is 0. The van der Waals surface area contributed by atoms with Gasteiger partial charge in [0.15, 0.2) is 11.9 Å². The number of carboxylic acid groups (broad SMARTS) is 1. The molecule has 0 amide bonds. The highest BCUT2D eigenvalue weighted by Crippen LogP contribution is 2.06. The highest BCUT2D eigenvalue weighted by atomic mass is 16.5. The first-order valence-corrected chi connectivity index (χ1v) is 5.15. The molecule has 0 saturated heterocycles. The molecule has 1 N–H and O–H groups in total. The summed E-state index contributed by atoms with van der Waals surface area (Å²) in [5.74, 6) is 0.360. The number of nitrogens with zero attached hydrogens (tertiary/aromatic N) is 2. The maximum Gasteiger partial charge on any atom is 0.332 e. The molecule has 6 nitrogen and oxygen atoms in total. The first-order chi connectivity index (χ1) is 7.49. The monoisotopic (exact) mass is 228 g/mol. The maximum absolute atomic E-state index is 10.5. The van der Waals surface area contributed by atoms with Gasteiger partial charge in [0.2, 0.25) is 5.89 Å². The van der Waals surface area contributed by atoms with Gasteiger partial charge in [-0.2, -0.15) is 4.98 Å². The van der Waals surface area contributed by atoms with Gasteiger partial charge in [-0.1, -0.05) is 19.0 Å². The molecule has 0 aliphatic rings. The average Bonchev–Trinajstić information content (AvgIpc) is 2.60. The van der Waals surface area contributed by atoms with Crippen molar-refractivity contribution in [1.82, 2.24) is 10.1 Å². The van der Waals surface area contributed by atoms with E-state index in [9.17, 15) is 4.79 Å². The Morgan fingerprint density at radius 3 is 2.75 bits per heavy atom. The van der Waals surface area contributed by atoms with Gasteiger partial charge >= 0.3 is 5.97 Å². The molecule has 0 radical (unpaired) electrons. The second-order valence-electron chi connectivity index (χ2n) is 3.99. The van der Waals surface area contributed by atoms with E-state index in [0.717, 1.165) is 0 Å². The van der Waals surface area contributed by atoms with Crippen LogP contribution in [0.25, 0.3) is 0 Å². The average molecular weight is 228 g/mol. The molecule has 0 fully saturated rings. The molecule has 1 aromatic rings. The Labute approximate surface area is 93.6 Å². The van der Waals surface area contributed by atoms with Gasteiger partial charge in [0, 0.05) is 6.42 Å². The van der Waals surface area contributed by atoms with Gasteiger partial charge in [-0.15, -0.1) is 0 Å². The number of aliphatic carboxylic acids is 1. The van der Waals surface area contributed by atoms with Crippen molar-refractivity contribution in [2.75, 3.05) is 0 Å². The van der Waals surface area contributed by atoms with Gasteiger partial charge in [-0.05, 0) is 12.8 Å². The third-order valence-corrected chi connectivity index (χ3v) is 1.90. The van der Waals surface area contributed by atoms with Gasteiger partial charge < -0.3 is 14.4 Å². The molecule has 0 aromatic carbocycles. The Morgan fingerprint density at radius 1 is 1.50 bits per heavy atom. The van der Waals surface area contributed by atoms with Gasteiger partial charge in [0.1, 0.15) is 6.61 Å². The van der Waals surface area contributed by atoms with Crippen molar-refractivity contribution in [3.63, 3.8) is 0 Å². The van der Waals surface area contributed by atoms with Crippen molar-refractivity contribution in [1.29, 1.82) is 0 Å². The summed E-state index contributed by atoms with van der Waals surface area (Å²) in [5.41, 5.74) is 0. The number of carbonyl (C=O) groups is 1. The number of hydrogen-bond acceptors (Lipinski definition) is 5. The zero-order valence-electron chi connectivity index (χ0n) is 9.64. The van der Waals surface area contributed by atoms with Crippen LogP contribution in [-0.4, -0.2) is 27.3 Å². The van der Waals surface area contributed by atoms with Crippen molar-refractivity contribution in [3.8, 4) is 0 Å². The summed E-state index contributed by atoms with van der Waals surface area (Å²) < 4.78 is 10.0. The van der Waals surface area contributed by atoms with E-state index >= 15 is 0 Å². The smallest absolute Gasteiger partial charge is 0.332 e. The van der Waals surface area contributed by atoms with E-state index in [0.29, 0.717) is 24.1 Å². The molecule has 90 valence electrons. The Hall–Kier alpha value is -1.43. The number of carboxylic acids is 1. The topological polar surface area (TPSA) is 85.5 Å². The minimum atomic E-state index is -1.01. The minimum absolute atomic E-state index is 0.0507. The SMILES string of the molecule is CC(C)Cc1nc(CO[C@@H](C)C(=O)O)no1. The van der Waals surface area contributed by atoms with Crippen LogP contribution in [0.1, 0.15) is 32.5 Å². The van der Waals surface area contributed by atoms with Crippen LogP contribution in [-0.2, 0) is 22.6 Å². The largest absolute Gasteiger partial charge is 0.479 e. The fourth-order valence-corrected chi connectivity index (χ4v) is 1.05.